The molecule has 6 nitrogen and oxygen atoms in total. The van der Waals surface area contributed by atoms with Crippen molar-refractivity contribution in [2.45, 2.75) is 64.5 Å². The third-order valence-electron chi connectivity index (χ3n) is 7.93. The Morgan fingerprint density at radius 1 is 1.24 bits per heavy atom. The van der Waals surface area contributed by atoms with Crippen LogP contribution in [-0.2, 0) is 11.2 Å². The van der Waals surface area contributed by atoms with E-state index in [1.165, 1.54) is 5.56 Å². The smallest absolute Gasteiger partial charge is 0.316 e. The van der Waals surface area contributed by atoms with Gasteiger partial charge in [0.25, 0.3) is 0 Å². The van der Waals surface area contributed by atoms with Crippen LogP contribution in [0.15, 0.2) is 46.4 Å². The molecule has 1 heterocycles. The number of allylic oxidation sites excluding steroid dienone is 1. The zero-order valence-corrected chi connectivity index (χ0v) is 26.1. The van der Waals surface area contributed by atoms with Crippen molar-refractivity contribution in [2.24, 2.45) is 15.4 Å². The maximum Gasteiger partial charge on any atom is 0.316 e. The average Bonchev–Trinajstić information content (AvgIpc) is 3.35. The second-order valence-electron chi connectivity index (χ2n) is 12.5. The minimum Gasteiger partial charge on any atom is -0.463 e. The first-order valence-corrected chi connectivity index (χ1v) is 14.9. The Bertz CT molecular complexity index is 1300. The van der Waals surface area contributed by atoms with Gasteiger partial charge in [-0.1, -0.05) is 62.7 Å². The summed E-state index contributed by atoms with van der Waals surface area (Å²) < 4.78 is 22.8. The van der Waals surface area contributed by atoms with E-state index < -0.39 is 5.82 Å². The molecule has 1 saturated heterocycles. The predicted molar refractivity (Wildman–Crippen MR) is 170 cm³/mol. The van der Waals surface area contributed by atoms with Crippen molar-refractivity contribution in [3.63, 3.8) is 0 Å². The molecular formula is C33H45ClFN5O. The van der Waals surface area contributed by atoms with Gasteiger partial charge in [-0.2, -0.15) is 4.99 Å². The Balaban J connectivity index is 1.76. The monoisotopic (exact) mass is 581 g/mol. The fraction of sp³-hybridized carbons (Fsp3) is 0.515. The molecule has 222 valence electrons. The number of hydrogen-bond donors (Lipinski definition) is 2. The molecule has 0 amide bonds. The fourth-order valence-corrected chi connectivity index (χ4v) is 6.54. The second kappa shape index (κ2) is 13.6. The molecule has 2 N–H and O–H groups in total. The maximum atomic E-state index is 16.8. The third-order valence-corrected chi connectivity index (χ3v) is 8.23. The van der Waals surface area contributed by atoms with Crippen LogP contribution in [0.25, 0.3) is 5.57 Å². The summed E-state index contributed by atoms with van der Waals surface area (Å²) in [5.74, 6) is -0.104. The lowest BCUT2D eigenvalue weighted by molar-refractivity contribution is 0.132. The number of aliphatic imine (C=N–C) groups is 2. The zero-order chi connectivity index (χ0) is 29.7. The van der Waals surface area contributed by atoms with Gasteiger partial charge < -0.3 is 20.3 Å². The summed E-state index contributed by atoms with van der Waals surface area (Å²) in [6.45, 7) is 12.2. The van der Waals surface area contributed by atoms with E-state index in [0.29, 0.717) is 35.6 Å². The largest absolute Gasteiger partial charge is 0.463 e. The molecule has 4 rings (SSSR count). The number of hydrogen-bond acceptors (Lipinski definition) is 5. The molecular weight excluding hydrogens is 537 g/mol. The number of amidine groups is 1. The highest BCUT2D eigenvalue weighted by Gasteiger charge is 2.29. The Kier molecular flexibility index (Phi) is 10.4. The van der Waals surface area contributed by atoms with Crippen molar-refractivity contribution in [1.82, 2.24) is 15.5 Å². The molecule has 1 fully saturated rings. The van der Waals surface area contributed by atoms with Crippen molar-refractivity contribution in [3.05, 3.63) is 69.5 Å². The van der Waals surface area contributed by atoms with Crippen molar-refractivity contribution >= 4 is 35.6 Å². The topological polar surface area (TPSA) is 61.3 Å². The summed E-state index contributed by atoms with van der Waals surface area (Å²) in [4.78, 5) is 10.8. The van der Waals surface area contributed by atoms with Gasteiger partial charge >= 0.3 is 6.02 Å². The van der Waals surface area contributed by atoms with Crippen LogP contribution in [0.1, 0.15) is 68.2 Å². The molecule has 3 atom stereocenters. The molecule has 41 heavy (non-hydrogen) atoms. The fourth-order valence-electron chi connectivity index (χ4n) is 6.23. The third kappa shape index (κ3) is 7.63. The quantitative estimate of drug-likeness (QED) is 0.245. The number of nitrogens with one attached hydrogen (secondary N) is 2. The van der Waals surface area contributed by atoms with Gasteiger partial charge in [0, 0.05) is 36.2 Å². The standard InChI is InChI=1S/C33H45ClFN5O/c1-21-12-15-27(26-11-9-8-10-25(21)26)29-28(34)17-22(16-23-13-14-24(38-23)18-36-4)31(30(29)35)39-32(37-5)41-20-33(2,3)19-40(6)7/h8-11,15,17,21,23-24,36,38H,5,12-14,16,18-20H2,1-4,6-7H3/b39-32+. The van der Waals surface area contributed by atoms with Crippen LogP contribution in [0.5, 0.6) is 0 Å². The van der Waals surface area contributed by atoms with Gasteiger partial charge in [-0.25, -0.2) is 9.38 Å². The number of benzene rings is 2. The number of rotatable bonds is 10. The molecule has 0 radical (unpaired) electrons. The molecule has 0 aromatic heterocycles. The second-order valence-corrected chi connectivity index (χ2v) is 12.9. The average molecular weight is 582 g/mol. The highest BCUT2D eigenvalue weighted by atomic mass is 35.5. The van der Waals surface area contributed by atoms with Crippen molar-refractivity contribution in [2.75, 3.05) is 40.8 Å². The van der Waals surface area contributed by atoms with E-state index in [2.05, 4.69) is 65.1 Å². The summed E-state index contributed by atoms with van der Waals surface area (Å²) in [6, 6.07) is 10.7. The first kappa shape index (κ1) is 31.4. The SMILES string of the molecule is C=N/C(=N\c1c(CC2CCC(CNC)N2)cc(Cl)c(C2=CCC(C)c3ccccc32)c1F)OCC(C)(C)CN(C)C. The Morgan fingerprint density at radius 2 is 1.98 bits per heavy atom. The Labute approximate surface area is 250 Å². The lowest BCUT2D eigenvalue weighted by Gasteiger charge is -2.27. The van der Waals surface area contributed by atoms with Gasteiger partial charge in [0.15, 0.2) is 5.82 Å². The van der Waals surface area contributed by atoms with Crippen molar-refractivity contribution in [1.29, 1.82) is 0 Å². The highest BCUT2D eigenvalue weighted by molar-refractivity contribution is 6.33. The highest BCUT2D eigenvalue weighted by Crippen LogP contribution is 2.44. The van der Waals surface area contributed by atoms with E-state index in [0.717, 1.165) is 49.1 Å². The van der Waals surface area contributed by atoms with Crippen molar-refractivity contribution < 1.29 is 9.13 Å². The molecule has 2 aromatic carbocycles. The Morgan fingerprint density at radius 3 is 2.68 bits per heavy atom. The molecule has 3 unspecified atom stereocenters. The number of nitrogens with zero attached hydrogens (tertiary/aromatic N) is 3. The lowest BCUT2D eigenvalue weighted by Crippen LogP contribution is -2.37. The lowest BCUT2D eigenvalue weighted by atomic mass is 9.81. The van der Waals surface area contributed by atoms with Gasteiger partial charge in [0.05, 0.1) is 11.6 Å². The molecule has 2 aromatic rings. The van der Waals surface area contributed by atoms with E-state index in [4.69, 9.17) is 16.3 Å². The van der Waals surface area contributed by atoms with Crippen molar-refractivity contribution in [3.8, 4) is 0 Å². The minimum atomic E-state index is -0.454. The van der Waals surface area contributed by atoms with Crippen LogP contribution < -0.4 is 10.6 Å². The molecule has 0 saturated carbocycles. The van der Waals surface area contributed by atoms with Crippen LogP contribution in [0.2, 0.25) is 5.02 Å². The van der Waals surface area contributed by atoms with E-state index in [9.17, 15) is 0 Å². The first-order valence-electron chi connectivity index (χ1n) is 14.6. The number of likely N-dealkylation sites (N-methyl/N-ethyl adjacent to an activating group) is 1. The van der Waals surface area contributed by atoms with Gasteiger partial charge in [-0.05, 0) is 87.8 Å². The van der Waals surface area contributed by atoms with E-state index in [1.807, 2.05) is 45.4 Å². The summed E-state index contributed by atoms with van der Waals surface area (Å²) in [7, 11) is 6.00. The number of halogens is 2. The van der Waals surface area contributed by atoms with E-state index in [1.54, 1.807) is 0 Å². The van der Waals surface area contributed by atoms with Crippen LogP contribution in [0.4, 0.5) is 10.1 Å². The molecule has 2 aliphatic rings. The van der Waals surface area contributed by atoms with Crippen LogP contribution >= 0.6 is 11.6 Å². The molecule has 8 heteroatoms. The van der Waals surface area contributed by atoms with Crippen LogP contribution in [0, 0.1) is 11.2 Å². The summed E-state index contributed by atoms with van der Waals surface area (Å²) in [5, 5.41) is 7.30. The minimum absolute atomic E-state index is 0.0596. The summed E-state index contributed by atoms with van der Waals surface area (Å²) in [6.07, 6.45) is 5.56. The number of ether oxygens (including phenoxy) is 1. The number of fused-ring (bicyclic) bond motifs is 1. The summed E-state index contributed by atoms with van der Waals surface area (Å²) in [5.41, 5.74) is 4.16. The van der Waals surface area contributed by atoms with Gasteiger partial charge in [-0.15, -0.1) is 0 Å². The van der Waals surface area contributed by atoms with Crippen LogP contribution in [0.3, 0.4) is 0 Å². The first-order chi connectivity index (χ1) is 19.5. The molecule has 0 spiro atoms. The Hall–Kier alpha value is -2.58. The summed E-state index contributed by atoms with van der Waals surface area (Å²) >= 11 is 6.92. The molecule has 1 aliphatic carbocycles. The molecule has 0 bridgehead atoms. The van der Waals surface area contributed by atoms with Gasteiger partial charge in [0.1, 0.15) is 5.69 Å². The van der Waals surface area contributed by atoms with Crippen LogP contribution in [-0.4, -0.2) is 70.6 Å². The van der Waals surface area contributed by atoms with Gasteiger partial charge in [0.2, 0.25) is 0 Å². The maximum absolute atomic E-state index is 16.8. The van der Waals surface area contributed by atoms with E-state index >= 15 is 4.39 Å². The van der Waals surface area contributed by atoms with E-state index in [-0.39, 0.29) is 23.2 Å². The normalized spacial score (nSPS) is 21.1. The predicted octanol–water partition coefficient (Wildman–Crippen LogP) is 6.59. The molecule has 1 aliphatic heterocycles. The van der Waals surface area contributed by atoms with Gasteiger partial charge in [-0.3, -0.25) is 0 Å². The zero-order valence-electron chi connectivity index (χ0n) is 25.4.